The van der Waals surface area contributed by atoms with Crippen LogP contribution in [0.4, 0.5) is 0 Å². The van der Waals surface area contributed by atoms with Gasteiger partial charge in [-0.2, -0.15) is 88.4 Å². The molecular weight excluding hydrogens is 2020 g/mol. The standard InChI is InChI=1S/C18H30O2S.C17H28O2S.C17H30O2S.C16H16O3S.C15H28O2S.2C14H26O2S.C13H22O2S/c1-3-18(4-2,20-16(19)5-6-21)17-10-13-7-14(11-17)9-15(8-13)12-17;1-3-17(4-2,19-15(18)11-20)16-8-12-5-13(9-16)7-14(6-12)10-16;1-17(19-16(18)12-13-20,14-8-4-2-5-9-14)15-10-6-3-7-11-15;1-11(12-3-7-14(18-2)8-4-12)19-16(17)13-5-9-15(20)10-6-13;1-4-15(5-2,17-14(16)10-11-18)13-8-6-12(3)7-9-13;1-4-14(5-2,16-13(15)10-17)12-8-6-11(3)7-9-12;1-3-14(4-2,16-13(15)10-11-17)12-8-6-5-7-9-12;1-13(2,15-12(14)5-6-16)11-8-9-3-4-10(11)7-9/h13-15,21H,3-12H2,1-2H3;12-14,20H,3-11H2,1-2H3;14-15,20H,2-13H2,1H3;3-11,20H,1-2H3;12-13,18H,4-11H2,1-3H3;11-12,17H,4-10H2,1-3H3;12,17H,3-11H2,1-2H3;9-11,16H,3-8H2,1-2H3. The Kier molecular flexibility index (Phi) is 56.5. The molecule has 4 unspecified atom stereocenters. The van der Waals surface area contributed by atoms with Crippen molar-refractivity contribution in [3.05, 3.63) is 59.7 Å². The Labute approximate surface area is 948 Å². The van der Waals surface area contributed by atoms with E-state index >= 15 is 0 Å². The first-order valence-corrected chi connectivity index (χ1v) is 64.5. The third kappa shape index (κ3) is 36.7. The van der Waals surface area contributed by atoms with Gasteiger partial charge in [-0.3, -0.25) is 33.6 Å². The summed E-state index contributed by atoms with van der Waals surface area (Å²) in [4.78, 5) is 95.7. The zero-order chi connectivity index (χ0) is 109. The van der Waals surface area contributed by atoms with Crippen molar-refractivity contribution in [2.45, 2.75) is 508 Å². The van der Waals surface area contributed by atoms with Crippen molar-refractivity contribution in [1.29, 1.82) is 0 Å². The van der Waals surface area contributed by atoms with E-state index in [9.17, 15) is 38.4 Å². The molecule has 15 aliphatic rings. The summed E-state index contributed by atoms with van der Waals surface area (Å²) in [5.74, 6) is 15.2. The molecule has 2 aromatic carbocycles. The van der Waals surface area contributed by atoms with Gasteiger partial charge in [-0.1, -0.05) is 185 Å². The average Bonchev–Trinajstić information content (AvgIpc) is 1.64. The lowest BCUT2D eigenvalue weighted by molar-refractivity contribution is -0.211. The molecule has 4 atom stereocenters. The highest BCUT2D eigenvalue weighted by molar-refractivity contribution is 7.81. The van der Waals surface area contributed by atoms with Gasteiger partial charge in [-0.25, -0.2) is 4.79 Å². The van der Waals surface area contributed by atoms with Crippen LogP contribution in [0.25, 0.3) is 0 Å². The van der Waals surface area contributed by atoms with E-state index in [0.717, 1.165) is 140 Å². The normalized spacial score (nSPS) is 26.7. The van der Waals surface area contributed by atoms with E-state index in [1.807, 2.05) is 31.2 Å². The number of fused-ring (bicyclic) bond motifs is 2. The molecule has 0 saturated heterocycles. The Balaban J connectivity index is 0.000000208. The second kappa shape index (κ2) is 64.3. The zero-order valence-electron chi connectivity index (χ0n) is 95.6. The maximum Gasteiger partial charge on any atom is 0.338 e. The minimum Gasteiger partial charge on any atom is -0.497 e. The van der Waals surface area contributed by atoms with Crippen LogP contribution in [-0.2, 0) is 71.5 Å². The first-order chi connectivity index (χ1) is 71.2. The molecule has 10 bridgehead atoms. The summed E-state index contributed by atoms with van der Waals surface area (Å²) in [5.41, 5.74) is 0.363. The van der Waals surface area contributed by atoms with Crippen LogP contribution in [0.5, 0.6) is 5.75 Å². The molecule has 0 radical (unpaired) electrons. The van der Waals surface area contributed by atoms with Crippen molar-refractivity contribution in [3.8, 4) is 5.75 Å². The Morgan fingerprint density at radius 1 is 0.336 bits per heavy atom. The molecule has 17 nitrogen and oxygen atoms in total. The van der Waals surface area contributed by atoms with Crippen molar-refractivity contribution < 1.29 is 81.0 Å². The third-order valence-corrected chi connectivity index (χ3v) is 41.2. The molecular formula is C124H206O17S8. The van der Waals surface area contributed by atoms with Gasteiger partial charge < -0.3 is 42.6 Å². The molecule has 0 amide bonds. The van der Waals surface area contributed by atoms with Crippen molar-refractivity contribution in [2.24, 2.45) is 106 Å². The maximum absolute atomic E-state index is 12.2. The summed E-state index contributed by atoms with van der Waals surface area (Å²) in [5, 5.41) is 0. The fraction of sp³-hybridized carbons (Fsp3) is 0.839. The summed E-state index contributed by atoms with van der Waals surface area (Å²) in [7, 11) is 1.61. The fourth-order valence-corrected chi connectivity index (χ4v) is 32.6. The average molecular weight is 2230 g/mol. The second-order valence-electron chi connectivity index (χ2n) is 48.5. The van der Waals surface area contributed by atoms with Crippen molar-refractivity contribution in [3.63, 3.8) is 0 Å². The van der Waals surface area contributed by atoms with Crippen LogP contribution in [-0.4, -0.2) is 134 Å². The lowest BCUT2D eigenvalue weighted by atomic mass is 9.44. The molecule has 15 saturated carbocycles. The molecule has 0 N–H and O–H groups in total. The van der Waals surface area contributed by atoms with Crippen LogP contribution >= 0.6 is 101 Å². The van der Waals surface area contributed by atoms with E-state index in [2.05, 4.69) is 205 Å². The largest absolute Gasteiger partial charge is 0.497 e. The number of hydrogen-bond donors (Lipinski definition) is 8. The van der Waals surface area contributed by atoms with Gasteiger partial charge in [0.1, 0.15) is 51.1 Å². The number of hydrogen-bond acceptors (Lipinski definition) is 25. The lowest BCUT2D eigenvalue weighted by Gasteiger charge is -2.63. The Hall–Kier alpha value is -3.20. The van der Waals surface area contributed by atoms with E-state index in [1.165, 1.54) is 250 Å². The SMILES string of the molecule is CC(C)(OC(=O)CCS)C1CC2CCC1C2.CC(OC(=O)CCS)(C1CCCCC1)C1CCCCC1.CCC(CC)(OC(=O)CCS)C12CC3CC(CC(C3)C1)C2.CCC(CC)(OC(=O)CCS)C1CCC(C)CC1.CCC(CC)(OC(=O)CCS)C1CCCCC1.CCC(CC)(OC(=O)CS)C12CC3CC(CC(C3)C1)C2.CCC(CC)(OC(=O)CS)C1CCC(C)CC1.COc1ccc(C(C)OC(=O)c2ccc(S)cc2)cc1. The van der Waals surface area contributed by atoms with E-state index < -0.39 is 0 Å². The van der Waals surface area contributed by atoms with Crippen molar-refractivity contribution in [2.75, 3.05) is 47.4 Å². The number of methoxy groups -OCH3 is 1. The second-order valence-corrected chi connectivity index (χ2v) is 51.9. The summed E-state index contributed by atoms with van der Waals surface area (Å²) >= 11 is 32.9. The van der Waals surface area contributed by atoms with Crippen LogP contribution in [0.15, 0.2) is 53.4 Å². The topological polar surface area (TPSA) is 220 Å². The number of rotatable bonds is 41. The summed E-state index contributed by atoms with van der Waals surface area (Å²) < 4.78 is 51.9. The number of thiol groups is 8. The Morgan fingerprint density at radius 2 is 0.644 bits per heavy atom. The van der Waals surface area contributed by atoms with Crippen LogP contribution in [0.1, 0.15) is 480 Å². The maximum atomic E-state index is 12.2. The predicted molar refractivity (Wildman–Crippen MR) is 634 cm³/mol. The minimum absolute atomic E-state index is 0.0376. The van der Waals surface area contributed by atoms with E-state index in [-0.39, 0.29) is 115 Å². The molecule has 2 aromatic rings. The van der Waals surface area contributed by atoms with Gasteiger partial charge in [0.15, 0.2) is 0 Å². The van der Waals surface area contributed by atoms with Crippen LogP contribution in [0.3, 0.4) is 0 Å². The van der Waals surface area contributed by atoms with Gasteiger partial charge >= 0.3 is 47.8 Å². The summed E-state index contributed by atoms with van der Waals surface area (Å²) in [6, 6.07) is 14.4. The molecule has 852 valence electrons. The first-order valence-electron chi connectivity index (χ1n) is 59.7. The van der Waals surface area contributed by atoms with E-state index in [0.29, 0.717) is 102 Å². The minimum atomic E-state index is -0.346. The number of esters is 8. The zero-order valence-corrected chi connectivity index (χ0v) is 103. The molecule has 149 heavy (non-hydrogen) atoms. The highest BCUT2D eigenvalue weighted by Gasteiger charge is 2.63. The van der Waals surface area contributed by atoms with Crippen LogP contribution < -0.4 is 4.74 Å². The molecule has 0 aromatic heterocycles. The summed E-state index contributed by atoms with van der Waals surface area (Å²) in [6.45, 7) is 34.6. The molecule has 25 heteroatoms. The van der Waals surface area contributed by atoms with Gasteiger partial charge in [0.05, 0.1) is 56.3 Å². The highest BCUT2D eigenvalue weighted by Crippen LogP contribution is 2.68. The van der Waals surface area contributed by atoms with Gasteiger partial charge in [0, 0.05) is 50.4 Å². The molecule has 15 aliphatic carbocycles. The van der Waals surface area contributed by atoms with Crippen molar-refractivity contribution >= 4 is 149 Å². The van der Waals surface area contributed by atoms with Gasteiger partial charge in [-0.15, -0.1) is 12.6 Å². The molecule has 15 fully saturated rings. The Morgan fingerprint density at radius 3 is 0.953 bits per heavy atom. The monoisotopic (exact) mass is 2220 g/mol. The first kappa shape index (κ1) is 131. The third-order valence-electron chi connectivity index (χ3n) is 39.3. The molecule has 0 aliphatic heterocycles. The van der Waals surface area contributed by atoms with E-state index in [4.69, 9.17) is 42.6 Å². The number of ether oxygens (including phenoxy) is 9. The quantitative estimate of drug-likeness (QED) is 0.0176. The summed E-state index contributed by atoms with van der Waals surface area (Å²) in [6.07, 6.45) is 62.1. The fourth-order valence-electron chi connectivity index (χ4n) is 31.4. The molecule has 0 heterocycles. The molecule has 17 rings (SSSR count). The van der Waals surface area contributed by atoms with Gasteiger partial charge in [0.25, 0.3) is 0 Å². The highest BCUT2D eigenvalue weighted by atomic mass is 32.1. The number of benzene rings is 2. The van der Waals surface area contributed by atoms with Crippen molar-refractivity contribution in [1.82, 2.24) is 0 Å². The molecule has 0 spiro atoms. The van der Waals surface area contributed by atoms with Gasteiger partial charge in [0.2, 0.25) is 0 Å². The lowest BCUT2D eigenvalue weighted by Crippen LogP contribution is -2.59. The van der Waals surface area contributed by atoms with Gasteiger partial charge in [-0.05, 0) is 383 Å². The van der Waals surface area contributed by atoms with Crippen LogP contribution in [0.2, 0.25) is 0 Å². The van der Waals surface area contributed by atoms with Crippen LogP contribution in [0, 0.1) is 106 Å². The van der Waals surface area contributed by atoms with E-state index in [1.54, 1.807) is 31.4 Å². The predicted octanol–water partition coefficient (Wildman–Crippen LogP) is 32.7. The number of carbonyl (C=O) groups is 8. The number of carbonyl (C=O) groups excluding carboxylic acids is 8. The smallest absolute Gasteiger partial charge is 0.338 e. The Bertz CT molecular complexity index is 4140.